The summed E-state index contributed by atoms with van der Waals surface area (Å²) in [7, 11) is 1.83. The van der Waals surface area contributed by atoms with E-state index < -0.39 is 0 Å². The maximum Gasteiger partial charge on any atom is 0.227 e. The lowest BCUT2D eigenvalue weighted by Gasteiger charge is -2.23. The van der Waals surface area contributed by atoms with E-state index >= 15 is 0 Å². The van der Waals surface area contributed by atoms with Crippen molar-refractivity contribution >= 4 is 17.5 Å². The van der Waals surface area contributed by atoms with Crippen LogP contribution in [-0.4, -0.2) is 44.1 Å². The van der Waals surface area contributed by atoms with E-state index in [9.17, 15) is 4.79 Å². The van der Waals surface area contributed by atoms with Gasteiger partial charge in [0, 0.05) is 18.6 Å². The topological polar surface area (TPSA) is 41.6 Å². The van der Waals surface area contributed by atoms with Crippen molar-refractivity contribution in [2.24, 2.45) is 11.8 Å². The second kappa shape index (κ2) is 6.95. The minimum absolute atomic E-state index is 0.0931. The quantitative estimate of drug-likeness (QED) is 0.904. The number of benzene rings is 1. The van der Waals surface area contributed by atoms with Gasteiger partial charge in [-0.1, -0.05) is 18.5 Å². The van der Waals surface area contributed by atoms with Gasteiger partial charge in [-0.25, -0.2) is 0 Å². The highest BCUT2D eigenvalue weighted by Crippen LogP contribution is 2.18. The molecule has 1 amide bonds. The molecule has 2 rings (SSSR count). The molecule has 2 unspecified atom stereocenters. The number of nitrogens with zero attached hydrogens (tertiary/aromatic N) is 1. The number of hydrogen-bond acceptors (Lipinski definition) is 3. The monoisotopic (exact) mass is 296 g/mol. The van der Waals surface area contributed by atoms with Crippen molar-refractivity contribution in [3.05, 3.63) is 29.3 Å². The summed E-state index contributed by atoms with van der Waals surface area (Å²) in [5, 5.41) is 3.94. The SMILES string of the molecule is CC1CNCC1C(=O)N(C)CCOc1ccc(Cl)cc1. The summed E-state index contributed by atoms with van der Waals surface area (Å²) < 4.78 is 5.60. The third kappa shape index (κ3) is 3.87. The van der Waals surface area contributed by atoms with E-state index in [1.54, 1.807) is 17.0 Å². The predicted molar refractivity (Wildman–Crippen MR) is 80.1 cm³/mol. The fraction of sp³-hybridized carbons (Fsp3) is 0.533. The van der Waals surface area contributed by atoms with E-state index in [4.69, 9.17) is 16.3 Å². The Morgan fingerprint density at radius 3 is 2.70 bits per heavy atom. The first-order valence-electron chi connectivity index (χ1n) is 6.92. The summed E-state index contributed by atoms with van der Waals surface area (Å²) in [6, 6.07) is 7.23. The van der Waals surface area contributed by atoms with Crippen molar-refractivity contribution in [1.29, 1.82) is 0 Å². The van der Waals surface area contributed by atoms with Crippen LogP contribution in [0.4, 0.5) is 0 Å². The highest BCUT2D eigenvalue weighted by molar-refractivity contribution is 6.30. The number of carbonyl (C=O) groups is 1. The summed E-state index contributed by atoms with van der Waals surface area (Å²) in [4.78, 5) is 14.0. The Morgan fingerprint density at radius 1 is 1.40 bits per heavy atom. The molecule has 1 aliphatic rings. The zero-order valence-corrected chi connectivity index (χ0v) is 12.7. The largest absolute Gasteiger partial charge is 0.492 e. The van der Waals surface area contributed by atoms with E-state index in [2.05, 4.69) is 12.2 Å². The number of carbonyl (C=O) groups excluding carboxylic acids is 1. The van der Waals surface area contributed by atoms with Crippen LogP contribution in [0.2, 0.25) is 5.02 Å². The Morgan fingerprint density at radius 2 is 2.10 bits per heavy atom. The third-order valence-electron chi connectivity index (χ3n) is 3.72. The van der Waals surface area contributed by atoms with Gasteiger partial charge >= 0.3 is 0 Å². The number of amides is 1. The lowest BCUT2D eigenvalue weighted by molar-refractivity contribution is -0.134. The molecule has 4 nitrogen and oxygen atoms in total. The fourth-order valence-electron chi connectivity index (χ4n) is 2.37. The maximum absolute atomic E-state index is 12.3. The summed E-state index contributed by atoms with van der Waals surface area (Å²) in [5.74, 6) is 1.46. The normalized spacial score (nSPS) is 21.8. The molecular formula is C15H21ClN2O2. The maximum atomic E-state index is 12.3. The van der Waals surface area contributed by atoms with Gasteiger partial charge in [-0.3, -0.25) is 4.79 Å². The third-order valence-corrected chi connectivity index (χ3v) is 3.97. The van der Waals surface area contributed by atoms with Crippen LogP contribution in [0.15, 0.2) is 24.3 Å². The molecule has 0 aromatic heterocycles. The molecule has 1 heterocycles. The molecular weight excluding hydrogens is 276 g/mol. The van der Waals surface area contributed by atoms with E-state index in [0.29, 0.717) is 24.1 Å². The van der Waals surface area contributed by atoms with Gasteiger partial charge in [-0.2, -0.15) is 0 Å². The van der Waals surface area contributed by atoms with E-state index in [1.807, 2.05) is 19.2 Å². The second-order valence-electron chi connectivity index (χ2n) is 5.30. The average Bonchev–Trinajstić information content (AvgIpc) is 2.86. The van der Waals surface area contributed by atoms with Crippen LogP contribution in [0.5, 0.6) is 5.75 Å². The minimum atomic E-state index is 0.0931. The van der Waals surface area contributed by atoms with Gasteiger partial charge in [0.25, 0.3) is 0 Å². The molecule has 0 spiro atoms. The number of halogens is 1. The Balaban J connectivity index is 1.75. The minimum Gasteiger partial charge on any atom is -0.492 e. The first-order chi connectivity index (χ1) is 9.58. The Labute approximate surface area is 125 Å². The summed E-state index contributed by atoms with van der Waals surface area (Å²) >= 11 is 5.81. The van der Waals surface area contributed by atoms with Gasteiger partial charge in [0.2, 0.25) is 5.91 Å². The number of likely N-dealkylation sites (N-methyl/N-ethyl adjacent to an activating group) is 1. The Hall–Kier alpha value is -1.26. The standard InChI is InChI=1S/C15H21ClN2O2/c1-11-9-17-10-14(11)15(19)18(2)7-8-20-13-5-3-12(16)4-6-13/h3-6,11,14,17H,7-10H2,1-2H3. The second-order valence-corrected chi connectivity index (χ2v) is 5.74. The van der Waals surface area contributed by atoms with Crippen LogP contribution in [0, 0.1) is 11.8 Å². The Bertz CT molecular complexity index is 450. The summed E-state index contributed by atoms with van der Waals surface area (Å²) in [6.45, 7) is 4.89. The zero-order valence-electron chi connectivity index (χ0n) is 11.9. The number of hydrogen-bond donors (Lipinski definition) is 1. The van der Waals surface area contributed by atoms with Crippen LogP contribution in [0.1, 0.15) is 6.92 Å². The average molecular weight is 297 g/mol. The van der Waals surface area contributed by atoms with Crippen LogP contribution in [0.25, 0.3) is 0 Å². The molecule has 1 N–H and O–H groups in total. The van der Waals surface area contributed by atoms with E-state index in [1.165, 1.54) is 0 Å². The highest BCUT2D eigenvalue weighted by Gasteiger charge is 2.31. The van der Waals surface area contributed by atoms with Crippen molar-refractivity contribution in [2.45, 2.75) is 6.92 Å². The molecule has 20 heavy (non-hydrogen) atoms. The smallest absolute Gasteiger partial charge is 0.227 e. The van der Waals surface area contributed by atoms with Crippen molar-refractivity contribution in [3.8, 4) is 5.75 Å². The van der Waals surface area contributed by atoms with Crippen molar-refractivity contribution in [2.75, 3.05) is 33.3 Å². The number of nitrogens with one attached hydrogen (secondary N) is 1. The van der Waals surface area contributed by atoms with Crippen molar-refractivity contribution in [3.63, 3.8) is 0 Å². The molecule has 2 atom stereocenters. The highest BCUT2D eigenvalue weighted by atomic mass is 35.5. The molecule has 5 heteroatoms. The van der Waals surface area contributed by atoms with Crippen LogP contribution in [0.3, 0.4) is 0 Å². The van der Waals surface area contributed by atoms with Gasteiger partial charge in [-0.15, -0.1) is 0 Å². The first-order valence-corrected chi connectivity index (χ1v) is 7.30. The lowest BCUT2D eigenvalue weighted by Crippen LogP contribution is -2.38. The molecule has 0 radical (unpaired) electrons. The molecule has 0 bridgehead atoms. The molecule has 0 saturated carbocycles. The van der Waals surface area contributed by atoms with Crippen LogP contribution < -0.4 is 10.1 Å². The van der Waals surface area contributed by atoms with E-state index in [-0.39, 0.29) is 11.8 Å². The van der Waals surface area contributed by atoms with Gasteiger partial charge in [0.15, 0.2) is 0 Å². The fourth-order valence-corrected chi connectivity index (χ4v) is 2.49. The Kier molecular flexibility index (Phi) is 5.26. The molecule has 1 aliphatic heterocycles. The molecule has 110 valence electrons. The first kappa shape index (κ1) is 15.1. The summed E-state index contributed by atoms with van der Waals surface area (Å²) in [6.07, 6.45) is 0. The zero-order chi connectivity index (χ0) is 14.5. The lowest BCUT2D eigenvalue weighted by atomic mass is 9.97. The van der Waals surface area contributed by atoms with Gasteiger partial charge in [-0.05, 0) is 36.7 Å². The van der Waals surface area contributed by atoms with Crippen LogP contribution >= 0.6 is 11.6 Å². The van der Waals surface area contributed by atoms with Crippen LogP contribution in [-0.2, 0) is 4.79 Å². The van der Waals surface area contributed by atoms with Crippen molar-refractivity contribution < 1.29 is 9.53 Å². The predicted octanol–water partition coefficient (Wildman–Crippen LogP) is 2.03. The molecule has 1 aromatic rings. The van der Waals surface area contributed by atoms with Crippen molar-refractivity contribution in [1.82, 2.24) is 10.2 Å². The molecule has 0 aliphatic carbocycles. The number of ether oxygens (including phenoxy) is 1. The molecule has 1 aromatic carbocycles. The van der Waals surface area contributed by atoms with Gasteiger partial charge in [0.05, 0.1) is 12.5 Å². The summed E-state index contributed by atoms with van der Waals surface area (Å²) in [5.41, 5.74) is 0. The number of rotatable bonds is 5. The van der Waals surface area contributed by atoms with Gasteiger partial charge < -0.3 is 15.0 Å². The van der Waals surface area contributed by atoms with Gasteiger partial charge in [0.1, 0.15) is 12.4 Å². The molecule has 1 saturated heterocycles. The van der Waals surface area contributed by atoms with E-state index in [0.717, 1.165) is 18.8 Å². The molecule has 1 fully saturated rings.